The van der Waals surface area contributed by atoms with Crippen LogP contribution in [-0.4, -0.2) is 17.0 Å². The predicted molar refractivity (Wildman–Crippen MR) is 12.6 cm³/mol. The molecule has 0 aliphatic rings. The zero-order chi connectivity index (χ0) is 5.15. The fourth-order valence-corrected chi connectivity index (χ4v) is 0. The Kier molecular flexibility index (Phi) is 6.53. The van der Waals surface area contributed by atoms with E-state index < -0.39 is 11.9 Å². The van der Waals surface area contributed by atoms with Gasteiger partial charge in [0.05, 0.1) is 0 Å². The van der Waals surface area contributed by atoms with E-state index in [0.717, 1.165) is 0 Å². The molecular weight excluding hydrogens is 238 g/mol. The van der Waals surface area contributed by atoms with E-state index in [2.05, 4.69) is 0 Å². The van der Waals surface area contributed by atoms with Gasteiger partial charge in [-0.15, -0.1) is 0 Å². The fraction of sp³-hybridized carbons (Fsp3) is 0. The Morgan fingerprint density at radius 3 is 1.57 bits per heavy atom. The molecule has 5 heteroatoms. The van der Waals surface area contributed by atoms with Crippen molar-refractivity contribution < 1.29 is 60.2 Å². The zero-order valence-corrected chi connectivity index (χ0v) is 5.70. The minimum atomic E-state index is -2.07. The number of carbonyl (C=O) groups is 2. The summed E-state index contributed by atoms with van der Waals surface area (Å²) >= 11 is 0. The van der Waals surface area contributed by atoms with Crippen LogP contribution in [0.4, 0.5) is 0 Å². The van der Waals surface area contributed by atoms with Gasteiger partial charge in [0.2, 0.25) is 0 Å². The minimum absolute atomic E-state index is 0. The molecule has 0 unspecified atom stereocenters. The van der Waals surface area contributed by atoms with Gasteiger partial charge in [0.15, 0.2) is 5.97 Å². The van der Waals surface area contributed by atoms with Crippen molar-refractivity contribution in [2.24, 2.45) is 0 Å². The van der Waals surface area contributed by atoms with Crippen LogP contribution in [0.3, 0.4) is 0 Å². The van der Waals surface area contributed by atoms with Gasteiger partial charge in [-0.05, 0) is 0 Å². The molecule has 4 nitrogen and oxygen atoms in total. The van der Waals surface area contributed by atoms with Crippen LogP contribution in [0.15, 0.2) is 0 Å². The third kappa shape index (κ3) is 6.28. The van der Waals surface area contributed by atoms with Crippen LogP contribution in [0.2, 0.25) is 0 Å². The van der Waals surface area contributed by atoms with E-state index in [1.165, 1.54) is 0 Å². The summed E-state index contributed by atoms with van der Waals surface area (Å²) in [6, 6.07) is 0. The Bertz CT molecular complexity index is 75.7. The SMILES string of the molecule is O=C([O-])C(=O)O.[Sm]. The van der Waals surface area contributed by atoms with E-state index in [1.807, 2.05) is 0 Å². The molecule has 0 aliphatic carbocycles. The molecule has 7 heavy (non-hydrogen) atoms. The van der Waals surface area contributed by atoms with Crippen molar-refractivity contribution >= 4 is 11.9 Å². The minimum Gasteiger partial charge on any atom is -0.539 e. The molecule has 0 amide bonds. The average molecular weight is 239 g/mol. The number of aliphatic carboxylic acids is 2. The molecule has 0 atom stereocenters. The molecule has 0 aromatic carbocycles. The van der Waals surface area contributed by atoms with Crippen molar-refractivity contribution in [3.8, 4) is 0 Å². The Labute approximate surface area is 71.6 Å². The maximum atomic E-state index is 9.04. The van der Waals surface area contributed by atoms with Crippen LogP contribution >= 0.6 is 0 Å². The Balaban J connectivity index is 0. The van der Waals surface area contributed by atoms with Gasteiger partial charge in [-0.25, -0.2) is 4.79 Å². The van der Waals surface area contributed by atoms with E-state index in [0.29, 0.717) is 0 Å². The van der Waals surface area contributed by atoms with E-state index in [4.69, 9.17) is 19.8 Å². The normalized spacial score (nSPS) is 6.29. The molecule has 0 aromatic heterocycles. The summed E-state index contributed by atoms with van der Waals surface area (Å²) in [6.45, 7) is 0. The van der Waals surface area contributed by atoms with Gasteiger partial charge >= 0.3 is 5.97 Å². The molecule has 0 spiro atoms. The maximum Gasteiger partial charge on any atom is 0.351 e. The molecule has 0 heterocycles. The van der Waals surface area contributed by atoms with Crippen molar-refractivity contribution in [1.82, 2.24) is 0 Å². The zero-order valence-electron chi connectivity index (χ0n) is 3.08. The first-order chi connectivity index (χ1) is 2.64. The monoisotopic (exact) mass is 241 g/mol. The Morgan fingerprint density at radius 2 is 1.57 bits per heavy atom. The first kappa shape index (κ1) is 10.3. The molecule has 0 saturated heterocycles. The number of rotatable bonds is 0. The van der Waals surface area contributed by atoms with Crippen molar-refractivity contribution in [3.63, 3.8) is 0 Å². The van der Waals surface area contributed by atoms with Crippen LogP contribution in [0.25, 0.3) is 0 Å². The Hall–Kier alpha value is 0.278. The summed E-state index contributed by atoms with van der Waals surface area (Å²) < 4.78 is 0. The number of carbonyl (C=O) groups excluding carboxylic acids is 1. The van der Waals surface area contributed by atoms with Crippen molar-refractivity contribution in [2.75, 3.05) is 0 Å². The first-order valence-corrected chi connectivity index (χ1v) is 1.09. The van der Waals surface area contributed by atoms with Crippen LogP contribution < -0.4 is 5.11 Å². The van der Waals surface area contributed by atoms with Gasteiger partial charge in [-0.3, -0.25) is 0 Å². The van der Waals surface area contributed by atoms with Crippen LogP contribution in [-0.2, 0) is 9.59 Å². The largest absolute Gasteiger partial charge is 0.539 e. The summed E-state index contributed by atoms with van der Waals surface area (Å²) in [6.07, 6.45) is 0. The molecule has 1 N–H and O–H groups in total. The Morgan fingerprint density at radius 1 is 1.43 bits per heavy atom. The number of carboxylic acids is 2. The summed E-state index contributed by atoms with van der Waals surface area (Å²) in [5.74, 6) is -4.01. The molecule has 40 valence electrons. The van der Waals surface area contributed by atoms with E-state index in [9.17, 15) is 0 Å². The van der Waals surface area contributed by atoms with Crippen LogP contribution in [0, 0.1) is 40.4 Å². The molecule has 0 saturated carbocycles. The topological polar surface area (TPSA) is 77.4 Å². The summed E-state index contributed by atoms with van der Waals surface area (Å²) in [4.78, 5) is 18.0. The van der Waals surface area contributed by atoms with E-state index in [1.54, 1.807) is 0 Å². The molecule has 0 aromatic rings. The van der Waals surface area contributed by atoms with Gasteiger partial charge in [-0.1, -0.05) is 0 Å². The molecule has 0 fully saturated rings. The van der Waals surface area contributed by atoms with E-state index >= 15 is 0 Å². The van der Waals surface area contributed by atoms with E-state index in [-0.39, 0.29) is 40.4 Å². The fourth-order valence-electron chi connectivity index (χ4n) is 0. The van der Waals surface area contributed by atoms with Crippen LogP contribution in [0.1, 0.15) is 0 Å². The number of carboxylic acid groups (broad SMARTS) is 2. The summed E-state index contributed by atoms with van der Waals surface area (Å²) in [7, 11) is 0. The predicted octanol–water partition coefficient (Wildman–Crippen LogP) is -2.18. The summed E-state index contributed by atoms with van der Waals surface area (Å²) in [5.41, 5.74) is 0. The molecule has 0 rings (SSSR count). The second kappa shape index (κ2) is 4.44. The van der Waals surface area contributed by atoms with Gasteiger partial charge in [0, 0.05) is 40.4 Å². The third-order valence-electron chi connectivity index (χ3n) is 0.175. The van der Waals surface area contributed by atoms with Gasteiger partial charge < -0.3 is 15.0 Å². The van der Waals surface area contributed by atoms with Crippen LogP contribution in [0.5, 0.6) is 0 Å². The number of hydrogen-bond donors (Lipinski definition) is 1. The molecule has 0 aliphatic heterocycles. The third-order valence-corrected chi connectivity index (χ3v) is 0.175. The second-order valence-electron chi connectivity index (χ2n) is 0.593. The average Bonchev–Trinajstić information content (AvgIpc) is 1.36. The van der Waals surface area contributed by atoms with Crippen molar-refractivity contribution in [1.29, 1.82) is 0 Å². The van der Waals surface area contributed by atoms with Crippen molar-refractivity contribution in [3.05, 3.63) is 0 Å². The first-order valence-electron chi connectivity index (χ1n) is 1.09. The maximum absolute atomic E-state index is 9.04. The molecular formula is C2HO4Sm-. The van der Waals surface area contributed by atoms with Crippen molar-refractivity contribution in [2.45, 2.75) is 0 Å². The molecule has 0 bridgehead atoms. The second-order valence-corrected chi connectivity index (χ2v) is 0.593. The quantitative estimate of drug-likeness (QED) is 0.488. The van der Waals surface area contributed by atoms with Gasteiger partial charge in [0.1, 0.15) is 0 Å². The van der Waals surface area contributed by atoms with Gasteiger partial charge in [-0.2, -0.15) is 0 Å². The van der Waals surface area contributed by atoms with Gasteiger partial charge in [0.25, 0.3) is 0 Å². The standard InChI is InChI=1S/C2H2O4.Sm/c3-1(4)2(5)6;/h(H,3,4)(H,5,6);/p-1. The number of hydrogen-bond acceptors (Lipinski definition) is 3. The summed E-state index contributed by atoms with van der Waals surface area (Å²) in [5, 5.41) is 16.3. The smallest absolute Gasteiger partial charge is 0.351 e. The molecule has 0 radical (unpaired) electrons.